The minimum Gasteiger partial charge on any atom is -0.423 e. The molecule has 21 heavy (non-hydrogen) atoms. The lowest BCUT2D eigenvalue weighted by Crippen LogP contribution is -2.30. The van der Waals surface area contributed by atoms with Crippen LogP contribution in [0.25, 0.3) is 0 Å². The molecule has 0 heterocycles. The second kappa shape index (κ2) is 6.76. The molecule has 0 atom stereocenters. The summed E-state index contributed by atoms with van der Waals surface area (Å²) in [5.41, 5.74) is 2.56. The van der Waals surface area contributed by atoms with Gasteiger partial charge in [-0.3, -0.25) is 4.79 Å². The third-order valence-corrected chi connectivity index (χ3v) is 3.49. The molecule has 0 aliphatic carbocycles. The Kier molecular flexibility index (Phi) is 5.01. The van der Waals surface area contributed by atoms with E-state index in [0.29, 0.717) is 22.6 Å². The number of halogens is 1. The Hall–Kier alpha value is -1.82. The summed E-state index contributed by atoms with van der Waals surface area (Å²) in [4.78, 5) is 12.2. The molecule has 2 aromatic carbocycles. The third kappa shape index (κ3) is 3.85. The summed E-state index contributed by atoms with van der Waals surface area (Å²) in [5, 5.41) is 21.2. The number of hydrogen-bond donors (Lipinski definition) is 3. The number of carbonyl (C=O) groups is 1. The molecule has 4 nitrogen and oxygen atoms in total. The van der Waals surface area contributed by atoms with Crippen LogP contribution in [0.15, 0.2) is 42.5 Å². The van der Waals surface area contributed by atoms with E-state index in [9.17, 15) is 4.79 Å². The smallest absolute Gasteiger partial charge is 0.423 e. The summed E-state index contributed by atoms with van der Waals surface area (Å²) in [5.74, 6) is -0.232. The van der Waals surface area contributed by atoms with Crippen molar-refractivity contribution in [1.29, 1.82) is 0 Å². The fraction of sp³-hybridized carbons (Fsp3) is 0.133. The molecule has 0 fully saturated rings. The van der Waals surface area contributed by atoms with Crippen LogP contribution in [0.4, 0.5) is 0 Å². The van der Waals surface area contributed by atoms with Crippen molar-refractivity contribution in [1.82, 2.24) is 5.32 Å². The molecule has 0 radical (unpaired) electrons. The van der Waals surface area contributed by atoms with E-state index < -0.39 is 7.12 Å². The maximum atomic E-state index is 12.2. The fourth-order valence-corrected chi connectivity index (χ4v) is 2.31. The summed E-state index contributed by atoms with van der Waals surface area (Å²) in [6.45, 7) is 2.17. The lowest BCUT2D eigenvalue weighted by atomic mass is 9.80. The monoisotopic (exact) mass is 303 g/mol. The molecule has 2 rings (SSSR count). The second-order valence-corrected chi connectivity index (χ2v) is 5.14. The average molecular weight is 304 g/mol. The van der Waals surface area contributed by atoms with E-state index >= 15 is 0 Å². The van der Waals surface area contributed by atoms with Crippen molar-refractivity contribution < 1.29 is 14.8 Å². The van der Waals surface area contributed by atoms with Crippen molar-refractivity contribution in [2.24, 2.45) is 0 Å². The van der Waals surface area contributed by atoms with Crippen molar-refractivity contribution in [2.75, 3.05) is 0 Å². The van der Waals surface area contributed by atoms with E-state index in [2.05, 4.69) is 5.32 Å². The highest BCUT2D eigenvalue weighted by molar-refractivity contribution is 6.58. The van der Waals surface area contributed by atoms with Gasteiger partial charge in [0.25, 0.3) is 5.91 Å². The summed E-state index contributed by atoms with van der Waals surface area (Å²) in [6, 6.07) is 12.0. The van der Waals surface area contributed by atoms with Crippen LogP contribution >= 0.6 is 11.6 Å². The number of amides is 1. The first kappa shape index (κ1) is 15.6. The first-order chi connectivity index (χ1) is 9.99. The maximum Gasteiger partial charge on any atom is 0.488 e. The van der Waals surface area contributed by atoms with Gasteiger partial charge in [-0.05, 0) is 29.6 Å². The molecular formula is C15H15BClNO3. The van der Waals surface area contributed by atoms with Crippen molar-refractivity contribution >= 4 is 30.1 Å². The highest BCUT2D eigenvalue weighted by Gasteiger charge is 2.13. The normalized spacial score (nSPS) is 10.3. The van der Waals surface area contributed by atoms with Gasteiger partial charge >= 0.3 is 7.12 Å². The maximum absolute atomic E-state index is 12.2. The molecule has 0 bridgehead atoms. The lowest BCUT2D eigenvalue weighted by Gasteiger charge is -2.10. The van der Waals surface area contributed by atoms with E-state index in [1.54, 1.807) is 36.4 Å². The van der Waals surface area contributed by atoms with Gasteiger partial charge in [0.05, 0.1) is 10.6 Å². The summed E-state index contributed by atoms with van der Waals surface area (Å²) in [7, 11) is -1.49. The molecule has 0 unspecified atom stereocenters. The Morgan fingerprint density at radius 1 is 1.19 bits per heavy atom. The van der Waals surface area contributed by atoms with E-state index in [4.69, 9.17) is 21.6 Å². The first-order valence-electron chi connectivity index (χ1n) is 6.47. The van der Waals surface area contributed by atoms with E-state index in [0.717, 1.165) is 11.1 Å². The van der Waals surface area contributed by atoms with Crippen LogP contribution in [0.5, 0.6) is 0 Å². The van der Waals surface area contributed by atoms with E-state index in [-0.39, 0.29) is 5.91 Å². The summed E-state index contributed by atoms with van der Waals surface area (Å²) < 4.78 is 0. The first-order valence-corrected chi connectivity index (χ1v) is 6.85. The Balaban J connectivity index is 2.04. The summed E-state index contributed by atoms with van der Waals surface area (Å²) in [6.07, 6.45) is 0. The van der Waals surface area contributed by atoms with E-state index in [1.165, 1.54) is 0 Å². The van der Waals surface area contributed by atoms with Gasteiger partial charge in [-0.1, -0.05) is 48.0 Å². The molecule has 2 aromatic rings. The lowest BCUT2D eigenvalue weighted by molar-refractivity contribution is 0.0950. The van der Waals surface area contributed by atoms with Crippen molar-refractivity contribution in [3.05, 3.63) is 64.2 Å². The predicted molar refractivity (Wildman–Crippen MR) is 83.6 cm³/mol. The van der Waals surface area contributed by atoms with Crippen molar-refractivity contribution in [2.45, 2.75) is 13.5 Å². The van der Waals surface area contributed by atoms with Crippen molar-refractivity contribution in [3.63, 3.8) is 0 Å². The number of hydrogen-bond acceptors (Lipinski definition) is 3. The van der Waals surface area contributed by atoms with Crippen LogP contribution < -0.4 is 10.8 Å². The molecule has 0 aliphatic heterocycles. The van der Waals surface area contributed by atoms with E-state index in [1.807, 2.05) is 13.0 Å². The SMILES string of the molecule is Cc1cccc(Cl)c1C(=O)NCc1ccc(B(O)O)cc1. The van der Waals surface area contributed by atoms with Gasteiger partial charge in [0.2, 0.25) is 0 Å². The molecule has 6 heteroatoms. The Bertz CT molecular complexity index is 624. The molecule has 0 aromatic heterocycles. The minimum atomic E-state index is -1.49. The zero-order chi connectivity index (χ0) is 15.4. The van der Waals surface area contributed by atoms with Crippen LogP contribution in [-0.4, -0.2) is 23.1 Å². The van der Waals surface area contributed by atoms with Gasteiger partial charge in [-0.25, -0.2) is 0 Å². The fourth-order valence-electron chi connectivity index (χ4n) is 2.00. The molecule has 0 saturated carbocycles. The average Bonchev–Trinajstić information content (AvgIpc) is 2.45. The Morgan fingerprint density at radius 2 is 1.86 bits per heavy atom. The van der Waals surface area contributed by atoms with Gasteiger partial charge in [0.15, 0.2) is 0 Å². The number of carbonyl (C=O) groups excluding carboxylic acids is 1. The van der Waals surface area contributed by atoms with Crippen molar-refractivity contribution in [3.8, 4) is 0 Å². The minimum absolute atomic E-state index is 0.232. The van der Waals surface area contributed by atoms with Crippen LogP contribution in [0.2, 0.25) is 5.02 Å². The van der Waals surface area contributed by atoms with Crippen LogP contribution in [0.3, 0.4) is 0 Å². The molecule has 0 spiro atoms. The standard InChI is InChI=1S/C15H15BClNO3/c1-10-3-2-4-13(17)14(10)15(19)18-9-11-5-7-12(8-6-11)16(20)21/h2-8,20-21H,9H2,1H3,(H,18,19). The quantitative estimate of drug-likeness (QED) is 0.745. The molecule has 1 amide bonds. The molecule has 108 valence electrons. The molecular weight excluding hydrogens is 288 g/mol. The number of aryl methyl sites for hydroxylation is 1. The predicted octanol–water partition coefficient (Wildman–Crippen LogP) is 1.26. The van der Waals surface area contributed by atoms with Gasteiger partial charge in [0, 0.05) is 6.54 Å². The molecule has 0 aliphatic rings. The Morgan fingerprint density at radius 3 is 2.43 bits per heavy atom. The summed E-state index contributed by atoms with van der Waals surface area (Å²) >= 11 is 6.05. The number of benzene rings is 2. The van der Waals surface area contributed by atoms with Gasteiger partial charge in [-0.2, -0.15) is 0 Å². The van der Waals surface area contributed by atoms with Crippen LogP contribution in [0, 0.1) is 6.92 Å². The number of nitrogens with one attached hydrogen (secondary N) is 1. The van der Waals surface area contributed by atoms with Gasteiger partial charge in [-0.15, -0.1) is 0 Å². The second-order valence-electron chi connectivity index (χ2n) is 4.73. The third-order valence-electron chi connectivity index (χ3n) is 3.18. The molecule has 3 N–H and O–H groups in total. The van der Waals surface area contributed by atoms with Crippen LogP contribution in [0.1, 0.15) is 21.5 Å². The van der Waals surface area contributed by atoms with Gasteiger partial charge < -0.3 is 15.4 Å². The van der Waals surface area contributed by atoms with Gasteiger partial charge in [0.1, 0.15) is 0 Å². The number of rotatable bonds is 4. The highest BCUT2D eigenvalue weighted by atomic mass is 35.5. The Labute approximate surface area is 128 Å². The zero-order valence-corrected chi connectivity index (χ0v) is 12.3. The molecule has 0 saturated heterocycles. The topological polar surface area (TPSA) is 69.6 Å². The zero-order valence-electron chi connectivity index (χ0n) is 11.5. The highest BCUT2D eigenvalue weighted by Crippen LogP contribution is 2.19. The van der Waals surface area contributed by atoms with Crippen LogP contribution in [-0.2, 0) is 6.54 Å². The largest absolute Gasteiger partial charge is 0.488 e.